The van der Waals surface area contributed by atoms with Crippen molar-refractivity contribution in [3.8, 4) is 0 Å². The number of amides is 2. The summed E-state index contributed by atoms with van der Waals surface area (Å²) in [6, 6.07) is 13.0. The maximum atomic E-state index is 12.7. The Kier molecular flexibility index (Phi) is 6.91. The van der Waals surface area contributed by atoms with Crippen LogP contribution in [0.15, 0.2) is 57.7 Å². The van der Waals surface area contributed by atoms with Gasteiger partial charge < -0.3 is 18.8 Å². The van der Waals surface area contributed by atoms with Crippen LogP contribution < -0.4 is 10.9 Å². The van der Waals surface area contributed by atoms with Gasteiger partial charge in [-0.15, -0.1) is 0 Å². The van der Waals surface area contributed by atoms with Gasteiger partial charge in [0.05, 0.1) is 12.2 Å². The molecule has 2 heterocycles. The Morgan fingerprint density at radius 3 is 2.71 bits per heavy atom. The Labute approximate surface area is 195 Å². The van der Waals surface area contributed by atoms with Crippen molar-refractivity contribution in [2.45, 2.75) is 32.9 Å². The number of fused-ring (bicyclic) bond motifs is 1. The lowest BCUT2D eigenvalue weighted by atomic mass is 10.1. The SMILES string of the molecule is CCOC(=O)Nc1ccc2c(COC(=O)c3cccc(CN4CCCC4=O)c3)cc(=O)oc2c1. The summed E-state index contributed by atoms with van der Waals surface area (Å²) in [6.45, 7) is 2.95. The molecule has 0 spiro atoms. The molecule has 34 heavy (non-hydrogen) atoms. The second-order valence-corrected chi connectivity index (χ2v) is 7.84. The van der Waals surface area contributed by atoms with Crippen LogP contribution in [-0.4, -0.2) is 36.0 Å². The normalized spacial score (nSPS) is 13.2. The highest BCUT2D eigenvalue weighted by Gasteiger charge is 2.20. The van der Waals surface area contributed by atoms with E-state index in [1.165, 1.54) is 12.1 Å². The van der Waals surface area contributed by atoms with Crippen molar-refractivity contribution in [1.29, 1.82) is 0 Å². The lowest BCUT2D eigenvalue weighted by molar-refractivity contribution is -0.128. The molecule has 1 N–H and O–H groups in total. The Morgan fingerprint density at radius 1 is 1.09 bits per heavy atom. The fraction of sp³-hybridized carbons (Fsp3) is 0.280. The number of carbonyl (C=O) groups is 3. The molecule has 0 unspecified atom stereocenters. The molecule has 1 fully saturated rings. The Balaban J connectivity index is 1.47. The maximum Gasteiger partial charge on any atom is 0.411 e. The quantitative estimate of drug-likeness (QED) is 0.417. The van der Waals surface area contributed by atoms with E-state index in [0.29, 0.717) is 41.7 Å². The minimum Gasteiger partial charge on any atom is -0.457 e. The molecular weight excluding hydrogens is 440 g/mol. The second kappa shape index (κ2) is 10.2. The summed E-state index contributed by atoms with van der Waals surface area (Å²) in [5.74, 6) is -0.431. The van der Waals surface area contributed by atoms with Gasteiger partial charge in [-0.1, -0.05) is 12.1 Å². The van der Waals surface area contributed by atoms with E-state index in [9.17, 15) is 19.2 Å². The summed E-state index contributed by atoms with van der Waals surface area (Å²) < 4.78 is 15.5. The van der Waals surface area contributed by atoms with Crippen molar-refractivity contribution in [2.75, 3.05) is 18.5 Å². The van der Waals surface area contributed by atoms with Crippen LogP contribution in [0.2, 0.25) is 0 Å². The summed E-state index contributed by atoms with van der Waals surface area (Å²) in [5.41, 5.74) is 1.71. The Hall–Kier alpha value is -4.14. The number of ether oxygens (including phenoxy) is 2. The molecule has 0 aliphatic carbocycles. The average Bonchev–Trinajstić information content (AvgIpc) is 3.21. The zero-order valence-electron chi connectivity index (χ0n) is 18.7. The van der Waals surface area contributed by atoms with Crippen LogP contribution >= 0.6 is 0 Å². The minimum absolute atomic E-state index is 0.114. The van der Waals surface area contributed by atoms with E-state index in [0.717, 1.165) is 12.0 Å². The lowest BCUT2D eigenvalue weighted by Crippen LogP contribution is -2.23. The minimum atomic E-state index is -0.620. The van der Waals surface area contributed by atoms with Crippen LogP contribution in [0, 0.1) is 0 Å². The van der Waals surface area contributed by atoms with Gasteiger partial charge in [0.1, 0.15) is 12.2 Å². The molecule has 1 aliphatic rings. The van der Waals surface area contributed by atoms with E-state index in [4.69, 9.17) is 13.9 Å². The molecule has 1 aliphatic heterocycles. The molecule has 2 aromatic carbocycles. The van der Waals surface area contributed by atoms with Crippen LogP contribution in [0.1, 0.15) is 41.3 Å². The summed E-state index contributed by atoms with van der Waals surface area (Å²) in [7, 11) is 0. The van der Waals surface area contributed by atoms with Gasteiger partial charge in [0.15, 0.2) is 0 Å². The first-order valence-corrected chi connectivity index (χ1v) is 11.0. The number of hydrogen-bond acceptors (Lipinski definition) is 7. The third kappa shape index (κ3) is 5.43. The van der Waals surface area contributed by atoms with Crippen LogP contribution in [-0.2, 0) is 27.4 Å². The van der Waals surface area contributed by atoms with E-state index < -0.39 is 17.7 Å². The van der Waals surface area contributed by atoms with Gasteiger partial charge in [-0.25, -0.2) is 14.4 Å². The van der Waals surface area contributed by atoms with E-state index in [1.54, 1.807) is 42.2 Å². The highest BCUT2D eigenvalue weighted by molar-refractivity contribution is 5.91. The molecule has 9 nitrogen and oxygen atoms in total. The molecule has 3 aromatic rings. The fourth-order valence-electron chi connectivity index (χ4n) is 3.83. The largest absolute Gasteiger partial charge is 0.457 e. The molecule has 1 saturated heterocycles. The number of nitrogens with one attached hydrogen (secondary N) is 1. The topological polar surface area (TPSA) is 115 Å². The third-order valence-corrected chi connectivity index (χ3v) is 5.42. The monoisotopic (exact) mass is 464 g/mol. The Bertz CT molecular complexity index is 1300. The average molecular weight is 464 g/mol. The van der Waals surface area contributed by atoms with Gasteiger partial charge in [-0.3, -0.25) is 10.1 Å². The van der Waals surface area contributed by atoms with Crippen LogP contribution in [0.3, 0.4) is 0 Å². The van der Waals surface area contributed by atoms with Crippen molar-refractivity contribution in [3.63, 3.8) is 0 Å². The van der Waals surface area contributed by atoms with E-state index in [1.807, 2.05) is 6.07 Å². The van der Waals surface area contributed by atoms with E-state index in [-0.39, 0.29) is 24.7 Å². The molecule has 0 saturated carbocycles. The van der Waals surface area contributed by atoms with Crippen molar-refractivity contribution in [2.24, 2.45) is 0 Å². The fourth-order valence-corrected chi connectivity index (χ4v) is 3.83. The molecule has 9 heteroatoms. The number of carbonyl (C=O) groups excluding carboxylic acids is 3. The smallest absolute Gasteiger partial charge is 0.411 e. The highest BCUT2D eigenvalue weighted by Crippen LogP contribution is 2.23. The molecule has 1 aromatic heterocycles. The first kappa shape index (κ1) is 23.0. The highest BCUT2D eigenvalue weighted by atomic mass is 16.5. The van der Waals surface area contributed by atoms with Crippen molar-refractivity contribution in [3.05, 3.63) is 75.6 Å². The zero-order chi connectivity index (χ0) is 24.1. The summed E-state index contributed by atoms with van der Waals surface area (Å²) >= 11 is 0. The van der Waals surface area contributed by atoms with E-state index >= 15 is 0 Å². The summed E-state index contributed by atoms with van der Waals surface area (Å²) in [5, 5.41) is 3.12. The zero-order valence-corrected chi connectivity index (χ0v) is 18.7. The first-order chi connectivity index (χ1) is 16.4. The number of anilines is 1. The van der Waals surface area contributed by atoms with Crippen LogP contribution in [0.25, 0.3) is 11.0 Å². The maximum absolute atomic E-state index is 12.7. The predicted molar refractivity (Wildman–Crippen MR) is 123 cm³/mol. The molecular formula is C25H24N2O7. The third-order valence-electron chi connectivity index (χ3n) is 5.42. The van der Waals surface area contributed by atoms with Crippen LogP contribution in [0.4, 0.5) is 10.5 Å². The number of rotatable bonds is 7. The van der Waals surface area contributed by atoms with E-state index in [2.05, 4.69) is 5.32 Å². The molecule has 176 valence electrons. The molecule has 4 rings (SSSR count). The molecule has 2 amide bonds. The van der Waals surface area contributed by atoms with Gasteiger partial charge in [0, 0.05) is 48.3 Å². The number of likely N-dealkylation sites (tertiary alicyclic amines) is 1. The van der Waals surface area contributed by atoms with Crippen LogP contribution in [0.5, 0.6) is 0 Å². The number of nitrogens with zero attached hydrogens (tertiary/aromatic N) is 1. The first-order valence-electron chi connectivity index (χ1n) is 11.0. The lowest BCUT2D eigenvalue weighted by Gasteiger charge is -2.16. The van der Waals surface area contributed by atoms with Gasteiger partial charge in [0.25, 0.3) is 0 Å². The second-order valence-electron chi connectivity index (χ2n) is 7.84. The standard InChI is InChI=1S/C25H24N2O7/c1-2-32-25(31)26-19-8-9-20-18(12-23(29)34-21(20)13-19)15-33-24(30)17-6-3-5-16(11-17)14-27-10-4-7-22(27)28/h3,5-6,8-9,11-13H,2,4,7,10,14-15H2,1H3,(H,26,31). The molecule has 0 bridgehead atoms. The summed E-state index contributed by atoms with van der Waals surface area (Å²) in [4.78, 5) is 50.0. The number of hydrogen-bond donors (Lipinski definition) is 1. The predicted octanol–water partition coefficient (Wildman–Crippen LogP) is 3.84. The van der Waals surface area contributed by atoms with Crippen molar-refractivity contribution in [1.82, 2.24) is 4.90 Å². The molecule has 0 atom stereocenters. The number of esters is 1. The van der Waals surface area contributed by atoms with Gasteiger partial charge in [-0.2, -0.15) is 0 Å². The summed E-state index contributed by atoms with van der Waals surface area (Å²) in [6.07, 6.45) is 0.784. The Morgan fingerprint density at radius 2 is 1.94 bits per heavy atom. The van der Waals surface area contributed by atoms with Crippen molar-refractivity contribution >= 4 is 34.6 Å². The van der Waals surface area contributed by atoms with Gasteiger partial charge >= 0.3 is 17.7 Å². The van der Waals surface area contributed by atoms with Gasteiger partial charge in [-0.05, 0) is 43.2 Å². The van der Waals surface area contributed by atoms with Gasteiger partial charge in [0.2, 0.25) is 5.91 Å². The number of benzene rings is 2. The van der Waals surface area contributed by atoms with Crippen molar-refractivity contribution < 1.29 is 28.3 Å². The molecule has 0 radical (unpaired) electrons.